The maximum absolute atomic E-state index is 6.19. The van der Waals surface area contributed by atoms with E-state index in [0.717, 1.165) is 18.0 Å². The maximum Gasteiger partial charge on any atom is 0.0619 e. The lowest BCUT2D eigenvalue weighted by molar-refractivity contribution is 0.771. The molecule has 0 saturated carbocycles. The molecular weight excluding hydrogens is 300 g/mol. The molecule has 0 aliphatic carbocycles. The zero-order valence-corrected chi connectivity index (χ0v) is 13.6. The van der Waals surface area contributed by atoms with E-state index in [4.69, 9.17) is 17.3 Å². The Morgan fingerprint density at radius 1 is 1.29 bits per heavy atom. The third-order valence-corrected chi connectivity index (χ3v) is 5.54. The number of rotatable bonds is 4. The van der Waals surface area contributed by atoms with Gasteiger partial charge in [0.25, 0.3) is 0 Å². The lowest BCUT2D eigenvalue weighted by atomic mass is 10.0. The average molecular weight is 319 g/mol. The molecule has 110 valence electrons. The summed E-state index contributed by atoms with van der Waals surface area (Å²) in [7, 11) is 0. The molecule has 3 N–H and O–H groups in total. The van der Waals surface area contributed by atoms with Gasteiger partial charge in [-0.1, -0.05) is 35.9 Å². The summed E-state index contributed by atoms with van der Waals surface area (Å²) in [5, 5.41) is 4.28. The smallest absolute Gasteiger partial charge is 0.0619 e. The number of fused-ring (bicyclic) bond motifs is 1. The third kappa shape index (κ3) is 2.91. The summed E-state index contributed by atoms with van der Waals surface area (Å²) < 4.78 is 0.0185. The fourth-order valence-electron chi connectivity index (χ4n) is 2.78. The molecule has 1 aliphatic rings. The number of anilines is 1. The summed E-state index contributed by atoms with van der Waals surface area (Å²) in [6.45, 7) is 3.86. The molecule has 0 amide bonds. The first kappa shape index (κ1) is 14.8. The van der Waals surface area contributed by atoms with Crippen molar-refractivity contribution in [3.05, 3.63) is 58.6 Å². The molecule has 2 aromatic rings. The van der Waals surface area contributed by atoms with Crippen LogP contribution in [0.2, 0.25) is 5.02 Å². The number of para-hydroxylation sites is 1. The number of hydrogen-bond donors (Lipinski definition) is 2. The van der Waals surface area contributed by atoms with Crippen LogP contribution in [0.1, 0.15) is 18.1 Å². The first-order valence-corrected chi connectivity index (χ1v) is 8.33. The number of thioether (sulfide) groups is 1. The molecule has 0 saturated heterocycles. The Hall–Kier alpha value is -1.16. The van der Waals surface area contributed by atoms with E-state index in [2.05, 4.69) is 48.6 Å². The maximum atomic E-state index is 6.19. The summed E-state index contributed by atoms with van der Waals surface area (Å²) in [5.41, 5.74) is 9.59. The first-order valence-electron chi connectivity index (χ1n) is 7.13. The van der Waals surface area contributed by atoms with E-state index in [0.29, 0.717) is 6.54 Å². The molecule has 1 unspecified atom stereocenters. The Morgan fingerprint density at radius 2 is 2.10 bits per heavy atom. The second-order valence-corrected chi connectivity index (χ2v) is 7.50. The van der Waals surface area contributed by atoms with Crippen LogP contribution in [-0.2, 0) is 11.2 Å². The monoisotopic (exact) mass is 318 g/mol. The zero-order valence-electron chi connectivity index (χ0n) is 12.0. The molecule has 1 atom stereocenters. The normalized spacial score (nSPS) is 20.1. The summed E-state index contributed by atoms with van der Waals surface area (Å²) in [6, 6.07) is 14.6. The highest BCUT2D eigenvalue weighted by atomic mass is 35.5. The Balaban J connectivity index is 1.95. The van der Waals surface area contributed by atoms with Gasteiger partial charge < -0.3 is 11.1 Å². The molecule has 3 rings (SSSR count). The number of halogens is 1. The van der Waals surface area contributed by atoms with Crippen molar-refractivity contribution in [2.45, 2.75) is 23.0 Å². The van der Waals surface area contributed by atoms with E-state index in [1.807, 2.05) is 17.8 Å². The Morgan fingerprint density at radius 3 is 2.90 bits per heavy atom. The topological polar surface area (TPSA) is 38.0 Å². The zero-order chi connectivity index (χ0) is 14.9. The Kier molecular flexibility index (Phi) is 4.16. The van der Waals surface area contributed by atoms with Gasteiger partial charge in [0.15, 0.2) is 0 Å². The van der Waals surface area contributed by atoms with E-state index in [9.17, 15) is 0 Å². The molecule has 0 bridgehead atoms. The molecule has 1 heterocycles. The van der Waals surface area contributed by atoms with Crippen LogP contribution >= 0.6 is 23.4 Å². The molecule has 21 heavy (non-hydrogen) atoms. The summed E-state index contributed by atoms with van der Waals surface area (Å²) in [4.78, 5) is 1.23. The fraction of sp³-hybridized carbons (Fsp3) is 0.294. The highest BCUT2D eigenvalue weighted by molar-refractivity contribution is 8.00. The highest BCUT2D eigenvalue weighted by Gasteiger charge is 2.35. The quantitative estimate of drug-likeness (QED) is 0.884. The largest absolute Gasteiger partial charge is 0.383 e. The predicted molar refractivity (Wildman–Crippen MR) is 92.4 cm³/mol. The van der Waals surface area contributed by atoms with E-state index in [-0.39, 0.29) is 4.75 Å². The third-order valence-electron chi connectivity index (χ3n) is 3.89. The molecule has 0 fully saturated rings. The molecule has 0 aromatic heterocycles. The van der Waals surface area contributed by atoms with Crippen LogP contribution in [0.4, 0.5) is 5.69 Å². The van der Waals surface area contributed by atoms with Gasteiger partial charge in [-0.25, -0.2) is 0 Å². The van der Waals surface area contributed by atoms with Gasteiger partial charge in [0.1, 0.15) is 0 Å². The second-order valence-electron chi connectivity index (χ2n) is 5.52. The van der Waals surface area contributed by atoms with Gasteiger partial charge in [-0.15, -0.1) is 11.8 Å². The summed E-state index contributed by atoms with van der Waals surface area (Å²) in [6.07, 6.45) is 0.880. The minimum atomic E-state index is 0.0185. The van der Waals surface area contributed by atoms with E-state index >= 15 is 0 Å². The predicted octanol–water partition coefficient (Wildman–Crippen LogP) is 4.27. The molecule has 1 aliphatic heterocycles. The fourth-order valence-corrected chi connectivity index (χ4v) is 4.42. The lowest BCUT2D eigenvalue weighted by Crippen LogP contribution is -2.20. The van der Waals surface area contributed by atoms with Crippen LogP contribution in [0, 0.1) is 0 Å². The van der Waals surface area contributed by atoms with Crippen molar-refractivity contribution in [1.82, 2.24) is 0 Å². The van der Waals surface area contributed by atoms with Gasteiger partial charge in [-0.2, -0.15) is 0 Å². The van der Waals surface area contributed by atoms with Gasteiger partial charge in [-0.05, 0) is 49.2 Å². The number of benzene rings is 2. The Labute approximate surface area is 135 Å². The van der Waals surface area contributed by atoms with Crippen molar-refractivity contribution in [3.63, 3.8) is 0 Å². The minimum Gasteiger partial charge on any atom is -0.383 e. The standard InChI is InChI=1S/C17H19ClN2S/c1-17(11-20-15-5-3-2-4-14(15)17)21-16-10-13(18)7-6-12(16)8-9-19/h2-7,10,20H,8-9,11,19H2,1H3. The number of nitrogens with two attached hydrogens (primary N) is 1. The van der Waals surface area contributed by atoms with Crippen LogP contribution in [0.3, 0.4) is 0 Å². The number of nitrogens with one attached hydrogen (secondary N) is 1. The Bertz CT molecular complexity index is 659. The first-order chi connectivity index (χ1) is 10.1. The minimum absolute atomic E-state index is 0.0185. The van der Waals surface area contributed by atoms with E-state index in [1.54, 1.807) is 0 Å². The van der Waals surface area contributed by atoms with Gasteiger partial charge in [0, 0.05) is 22.2 Å². The van der Waals surface area contributed by atoms with Crippen LogP contribution in [0.5, 0.6) is 0 Å². The van der Waals surface area contributed by atoms with Crippen molar-refractivity contribution in [2.75, 3.05) is 18.4 Å². The van der Waals surface area contributed by atoms with Crippen LogP contribution in [0.25, 0.3) is 0 Å². The molecular formula is C17H19ClN2S. The van der Waals surface area contributed by atoms with Crippen molar-refractivity contribution in [2.24, 2.45) is 5.73 Å². The van der Waals surface area contributed by atoms with Gasteiger partial charge in [0.2, 0.25) is 0 Å². The van der Waals surface area contributed by atoms with Gasteiger partial charge in [0.05, 0.1) is 4.75 Å². The van der Waals surface area contributed by atoms with Crippen molar-refractivity contribution >= 4 is 29.1 Å². The average Bonchev–Trinajstić information content (AvgIpc) is 2.80. The van der Waals surface area contributed by atoms with Crippen molar-refractivity contribution in [3.8, 4) is 0 Å². The van der Waals surface area contributed by atoms with E-state index in [1.165, 1.54) is 21.7 Å². The van der Waals surface area contributed by atoms with Crippen LogP contribution in [0.15, 0.2) is 47.4 Å². The molecule has 0 spiro atoms. The molecule has 4 heteroatoms. The van der Waals surface area contributed by atoms with Gasteiger partial charge in [-0.3, -0.25) is 0 Å². The molecule has 2 nitrogen and oxygen atoms in total. The summed E-state index contributed by atoms with van der Waals surface area (Å²) in [5.74, 6) is 0. The van der Waals surface area contributed by atoms with Gasteiger partial charge >= 0.3 is 0 Å². The SMILES string of the molecule is CC1(Sc2cc(Cl)ccc2CCN)CNc2ccccc21. The molecule has 0 radical (unpaired) electrons. The van der Waals surface area contributed by atoms with Crippen molar-refractivity contribution < 1.29 is 0 Å². The number of hydrogen-bond acceptors (Lipinski definition) is 3. The second kappa shape index (κ2) is 5.91. The highest BCUT2D eigenvalue weighted by Crippen LogP contribution is 2.48. The lowest BCUT2D eigenvalue weighted by Gasteiger charge is -2.25. The molecule has 2 aromatic carbocycles. The van der Waals surface area contributed by atoms with Crippen LogP contribution in [-0.4, -0.2) is 13.1 Å². The summed E-state index contributed by atoms with van der Waals surface area (Å²) >= 11 is 8.06. The van der Waals surface area contributed by atoms with Crippen molar-refractivity contribution in [1.29, 1.82) is 0 Å². The van der Waals surface area contributed by atoms with E-state index < -0.39 is 0 Å². The van der Waals surface area contributed by atoms with Crippen LogP contribution < -0.4 is 11.1 Å².